The number of hydrogen-bond donors (Lipinski definition) is 0. The van der Waals surface area contributed by atoms with Crippen LogP contribution in [-0.2, 0) is 6.54 Å². The molecule has 0 fully saturated rings. The van der Waals surface area contributed by atoms with E-state index >= 15 is 0 Å². The van der Waals surface area contributed by atoms with Gasteiger partial charge in [-0.05, 0) is 43.8 Å². The molecule has 2 aromatic rings. The Hall–Kier alpha value is -1.56. The third-order valence-electron chi connectivity index (χ3n) is 4.22. The summed E-state index contributed by atoms with van der Waals surface area (Å²) < 4.78 is 2.30. The second-order valence-electron chi connectivity index (χ2n) is 6.07. The molecule has 0 N–H and O–H groups in total. The minimum Gasteiger partial charge on any atom is -0.346 e. The third-order valence-corrected chi connectivity index (χ3v) is 5.47. The smallest absolute Gasteiger partial charge is 0.163 e. The summed E-state index contributed by atoms with van der Waals surface area (Å²) in [4.78, 5) is 6.51. The van der Waals surface area contributed by atoms with E-state index in [1.54, 1.807) is 11.8 Å². The molecule has 1 aromatic carbocycles. The molecular weight excluding hydrogens is 328 g/mol. The van der Waals surface area contributed by atoms with Gasteiger partial charge in [-0.1, -0.05) is 23.4 Å². The molecule has 0 saturated carbocycles. The van der Waals surface area contributed by atoms with Crippen molar-refractivity contribution in [1.82, 2.24) is 14.4 Å². The number of anilines is 1. The molecule has 1 unspecified atom stereocenters. The standard InChI is InChI=1S/C17H19ClN4S/c1-19(2)7-8-20-6-5-13-11-14(3-4-15(13)20)22-16(18)12-21-9-10-23-17(21)22/h3-6,9-12,17H,7-8H2,1-2H3. The molecule has 0 amide bonds. The lowest BCUT2D eigenvalue weighted by Gasteiger charge is -2.27. The summed E-state index contributed by atoms with van der Waals surface area (Å²) in [5.41, 5.74) is 2.60. The van der Waals surface area contributed by atoms with Crippen LogP contribution in [0.5, 0.6) is 0 Å². The molecule has 23 heavy (non-hydrogen) atoms. The molecule has 4 rings (SSSR count). The number of benzene rings is 1. The van der Waals surface area contributed by atoms with E-state index in [0.717, 1.165) is 23.9 Å². The van der Waals surface area contributed by atoms with E-state index in [-0.39, 0.29) is 5.50 Å². The van der Waals surface area contributed by atoms with E-state index in [0.29, 0.717) is 0 Å². The van der Waals surface area contributed by atoms with Crippen LogP contribution in [-0.4, -0.2) is 40.5 Å². The lowest BCUT2D eigenvalue weighted by Crippen LogP contribution is -2.31. The van der Waals surface area contributed by atoms with Gasteiger partial charge in [-0.15, -0.1) is 0 Å². The van der Waals surface area contributed by atoms with Crippen LogP contribution < -0.4 is 4.90 Å². The van der Waals surface area contributed by atoms with Crippen molar-refractivity contribution < 1.29 is 0 Å². The van der Waals surface area contributed by atoms with Gasteiger partial charge >= 0.3 is 0 Å². The first-order chi connectivity index (χ1) is 11.1. The molecule has 1 aromatic heterocycles. The Morgan fingerprint density at radius 1 is 1.26 bits per heavy atom. The molecule has 3 heterocycles. The predicted octanol–water partition coefficient (Wildman–Crippen LogP) is 3.86. The van der Waals surface area contributed by atoms with E-state index in [2.05, 4.69) is 75.4 Å². The molecule has 0 bridgehead atoms. The van der Waals surface area contributed by atoms with Crippen LogP contribution in [0.1, 0.15) is 0 Å². The highest BCUT2D eigenvalue weighted by molar-refractivity contribution is 8.03. The van der Waals surface area contributed by atoms with Crippen LogP contribution in [0.15, 0.2) is 53.4 Å². The zero-order chi connectivity index (χ0) is 16.0. The summed E-state index contributed by atoms with van der Waals surface area (Å²) in [7, 11) is 4.20. The fourth-order valence-electron chi connectivity index (χ4n) is 3.00. The van der Waals surface area contributed by atoms with Crippen molar-refractivity contribution in [2.45, 2.75) is 12.0 Å². The quantitative estimate of drug-likeness (QED) is 0.780. The fraction of sp³-hybridized carbons (Fsp3) is 0.294. The lowest BCUT2D eigenvalue weighted by molar-refractivity contribution is 0.387. The molecule has 6 heteroatoms. The maximum atomic E-state index is 6.44. The minimum atomic E-state index is 0.204. The molecule has 0 spiro atoms. The largest absolute Gasteiger partial charge is 0.346 e. The van der Waals surface area contributed by atoms with Crippen LogP contribution in [0.4, 0.5) is 5.69 Å². The lowest BCUT2D eigenvalue weighted by atomic mass is 10.2. The van der Waals surface area contributed by atoms with Gasteiger partial charge in [-0.3, -0.25) is 0 Å². The van der Waals surface area contributed by atoms with E-state index in [9.17, 15) is 0 Å². The zero-order valence-corrected chi connectivity index (χ0v) is 14.8. The zero-order valence-electron chi connectivity index (χ0n) is 13.2. The van der Waals surface area contributed by atoms with Crippen molar-refractivity contribution in [2.75, 3.05) is 25.5 Å². The van der Waals surface area contributed by atoms with Gasteiger partial charge < -0.3 is 19.3 Å². The molecule has 4 nitrogen and oxygen atoms in total. The summed E-state index contributed by atoms with van der Waals surface area (Å²) in [5.74, 6) is 0. The summed E-state index contributed by atoms with van der Waals surface area (Å²) in [5, 5.41) is 4.12. The van der Waals surface area contributed by atoms with Crippen LogP contribution in [0.3, 0.4) is 0 Å². The van der Waals surface area contributed by atoms with Crippen LogP contribution in [0, 0.1) is 0 Å². The van der Waals surface area contributed by atoms with E-state index in [4.69, 9.17) is 11.6 Å². The average Bonchev–Trinajstić information content (AvgIpc) is 3.18. The second kappa shape index (κ2) is 5.82. The molecule has 120 valence electrons. The first-order valence-electron chi connectivity index (χ1n) is 7.63. The summed E-state index contributed by atoms with van der Waals surface area (Å²) in [6.07, 6.45) is 6.21. The number of aromatic nitrogens is 1. The highest BCUT2D eigenvalue weighted by atomic mass is 35.5. The molecule has 0 aliphatic carbocycles. The predicted molar refractivity (Wildman–Crippen MR) is 99.3 cm³/mol. The average molecular weight is 347 g/mol. The van der Waals surface area contributed by atoms with Gasteiger partial charge in [0.05, 0.1) is 0 Å². The monoisotopic (exact) mass is 346 g/mol. The Bertz CT molecular complexity index is 795. The van der Waals surface area contributed by atoms with Crippen molar-refractivity contribution in [1.29, 1.82) is 0 Å². The van der Waals surface area contributed by atoms with Gasteiger partial charge in [0.15, 0.2) is 5.50 Å². The molecule has 1 atom stereocenters. The van der Waals surface area contributed by atoms with Gasteiger partial charge in [-0.25, -0.2) is 0 Å². The highest BCUT2D eigenvalue weighted by Crippen LogP contribution is 2.41. The second-order valence-corrected chi connectivity index (χ2v) is 7.43. The highest BCUT2D eigenvalue weighted by Gasteiger charge is 2.34. The third kappa shape index (κ3) is 2.63. The number of rotatable bonds is 4. The Balaban J connectivity index is 1.64. The van der Waals surface area contributed by atoms with Gasteiger partial charge in [0.25, 0.3) is 0 Å². The van der Waals surface area contributed by atoms with Crippen LogP contribution in [0.25, 0.3) is 10.9 Å². The number of nitrogens with zero attached hydrogens (tertiary/aromatic N) is 4. The minimum absolute atomic E-state index is 0.204. The Labute approximate surface area is 145 Å². The van der Waals surface area contributed by atoms with Crippen molar-refractivity contribution in [3.63, 3.8) is 0 Å². The first kappa shape index (κ1) is 15.0. The number of thioether (sulfide) groups is 1. The molecule has 2 aliphatic heterocycles. The number of likely N-dealkylation sites (N-methyl/N-ethyl adjacent to an activating group) is 1. The van der Waals surface area contributed by atoms with Crippen molar-refractivity contribution in [3.05, 3.63) is 53.4 Å². The number of halogens is 1. The Morgan fingerprint density at radius 3 is 2.96 bits per heavy atom. The van der Waals surface area contributed by atoms with Crippen LogP contribution in [0.2, 0.25) is 0 Å². The SMILES string of the molecule is CN(C)CCn1ccc2cc(N3C(Cl)=CN4C=CSC43)ccc21. The summed E-state index contributed by atoms with van der Waals surface area (Å²) in [6, 6.07) is 8.76. The molecule has 0 radical (unpaired) electrons. The van der Waals surface area contributed by atoms with Gasteiger partial charge in [-0.2, -0.15) is 0 Å². The number of hydrogen-bond acceptors (Lipinski definition) is 4. The topological polar surface area (TPSA) is 14.7 Å². The maximum absolute atomic E-state index is 6.44. The van der Waals surface area contributed by atoms with Gasteiger partial charge in [0.1, 0.15) is 5.16 Å². The van der Waals surface area contributed by atoms with E-state index < -0.39 is 0 Å². The van der Waals surface area contributed by atoms with Crippen LogP contribution >= 0.6 is 23.4 Å². The van der Waals surface area contributed by atoms with E-state index in [1.165, 1.54) is 10.9 Å². The Morgan fingerprint density at radius 2 is 2.13 bits per heavy atom. The van der Waals surface area contributed by atoms with Crippen molar-refractivity contribution in [2.24, 2.45) is 0 Å². The summed E-state index contributed by atoms with van der Waals surface area (Å²) in [6.45, 7) is 2.03. The molecule has 2 aliphatic rings. The first-order valence-corrected chi connectivity index (χ1v) is 8.95. The maximum Gasteiger partial charge on any atom is 0.163 e. The van der Waals surface area contributed by atoms with Crippen molar-refractivity contribution >= 4 is 40.0 Å². The van der Waals surface area contributed by atoms with E-state index in [1.807, 2.05) is 6.20 Å². The Kier molecular flexibility index (Phi) is 3.79. The molecular formula is C17H19ClN4S. The molecule has 0 saturated heterocycles. The number of fused-ring (bicyclic) bond motifs is 2. The van der Waals surface area contributed by atoms with Gasteiger partial charge in [0, 0.05) is 48.3 Å². The normalized spacial score (nSPS) is 20.0. The van der Waals surface area contributed by atoms with Crippen molar-refractivity contribution in [3.8, 4) is 0 Å². The summed E-state index contributed by atoms with van der Waals surface area (Å²) >= 11 is 8.21. The van der Waals surface area contributed by atoms with Gasteiger partial charge in [0.2, 0.25) is 0 Å². The fourth-order valence-corrected chi connectivity index (χ4v) is 4.34.